The monoisotopic (exact) mass is 231 g/mol. The second-order valence-electron chi connectivity index (χ2n) is 2.82. The first-order valence-corrected chi connectivity index (χ1v) is 5.54. The van der Waals surface area contributed by atoms with Crippen molar-refractivity contribution in [2.75, 3.05) is 0 Å². The fourth-order valence-electron chi connectivity index (χ4n) is 1.29. The first kappa shape index (κ1) is 9.51. The van der Waals surface area contributed by atoms with Crippen molar-refractivity contribution in [3.63, 3.8) is 0 Å². The van der Waals surface area contributed by atoms with Crippen LogP contribution in [-0.2, 0) is 10.1 Å². The standard InChI is InChI=1S/C8H6ClNO3S/c9-5-1-2-6-7(3-5)10-4-8(6)14(11,12)13/h1-4,10H,(H,11,12,13). The lowest BCUT2D eigenvalue weighted by Crippen LogP contribution is -1.95. The van der Waals surface area contributed by atoms with Crippen LogP contribution >= 0.6 is 11.6 Å². The molecule has 1 heterocycles. The molecular weight excluding hydrogens is 226 g/mol. The normalized spacial score (nSPS) is 12.1. The van der Waals surface area contributed by atoms with E-state index >= 15 is 0 Å². The number of aromatic nitrogens is 1. The summed E-state index contributed by atoms with van der Waals surface area (Å²) >= 11 is 5.71. The second-order valence-corrected chi connectivity index (χ2v) is 4.64. The summed E-state index contributed by atoms with van der Waals surface area (Å²) in [4.78, 5) is 2.58. The number of hydrogen-bond donors (Lipinski definition) is 2. The average Bonchev–Trinajstić information content (AvgIpc) is 2.45. The molecule has 0 aliphatic heterocycles. The van der Waals surface area contributed by atoms with Gasteiger partial charge in [-0.1, -0.05) is 11.6 Å². The highest BCUT2D eigenvalue weighted by molar-refractivity contribution is 7.86. The van der Waals surface area contributed by atoms with Crippen molar-refractivity contribution in [2.45, 2.75) is 4.90 Å². The summed E-state index contributed by atoms with van der Waals surface area (Å²) in [5.74, 6) is 0. The lowest BCUT2D eigenvalue weighted by Gasteiger charge is -1.94. The topological polar surface area (TPSA) is 70.2 Å². The summed E-state index contributed by atoms with van der Waals surface area (Å²) in [5.41, 5.74) is 0.574. The molecule has 2 aromatic rings. The van der Waals surface area contributed by atoms with Crippen molar-refractivity contribution in [1.82, 2.24) is 4.98 Å². The molecule has 0 aliphatic carbocycles. The van der Waals surface area contributed by atoms with E-state index in [1.54, 1.807) is 12.1 Å². The maximum atomic E-state index is 10.9. The second kappa shape index (κ2) is 2.98. The van der Waals surface area contributed by atoms with Gasteiger partial charge in [-0.05, 0) is 18.2 Å². The van der Waals surface area contributed by atoms with E-state index in [2.05, 4.69) is 4.98 Å². The Balaban J connectivity index is 2.83. The van der Waals surface area contributed by atoms with Crippen LogP contribution in [0.5, 0.6) is 0 Å². The zero-order chi connectivity index (χ0) is 10.3. The summed E-state index contributed by atoms with van der Waals surface area (Å²) in [7, 11) is -4.17. The van der Waals surface area contributed by atoms with Crippen molar-refractivity contribution >= 4 is 32.6 Å². The largest absolute Gasteiger partial charge is 0.360 e. The number of rotatable bonds is 1. The van der Waals surface area contributed by atoms with Gasteiger partial charge < -0.3 is 4.98 Å². The molecule has 74 valence electrons. The van der Waals surface area contributed by atoms with E-state index in [1.807, 2.05) is 0 Å². The van der Waals surface area contributed by atoms with Gasteiger partial charge in [0.1, 0.15) is 4.90 Å². The molecule has 0 radical (unpaired) electrons. The Labute approximate surface area is 85.3 Å². The molecule has 0 spiro atoms. The fraction of sp³-hybridized carbons (Fsp3) is 0. The number of halogens is 1. The molecule has 0 amide bonds. The molecule has 0 bridgehead atoms. The molecule has 0 saturated carbocycles. The smallest absolute Gasteiger partial charge is 0.296 e. The molecule has 6 heteroatoms. The van der Waals surface area contributed by atoms with E-state index in [4.69, 9.17) is 16.2 Å². The van der Waals surface area contributed by atoms with Crippen LogP contribution in [0.25, 0.3) is 10.9 Å². The molecule has 2 N–H and O–H groups in total. The minimum atomic E-state index is -4.17. The van der Waals surface area contributed by atoms with Gasteiger partial charge in [0, 0.05) is 22.1 Å². The van der Waals surface area contributed by atoms with Crippen LogP contribution in [0.15, 0.2) is 29.3 Å². The van der Waals surface area contributed by atoms with Crippen molar-refractivity contribution in [1.29, 1.82) is 0 Å². The Bertz CT molecular complexity index is 588. The van der Waals surface area contributed by atoms with Gasteiger partial charge >= 0.3 is 0 Å². The van der Waals surface area contributed by atoms with E-state index in [-0.39, 0.29) is 4.90 Å². The molecular formula is C8H6ClNO3S. The van der Waals surface area contributed by atoms with Crippen LogP contribution < -0.4 is 0 Å². The predicted molar refractivity (Wildman–Crippen MR) is 53.1 cm³/mol. The molecule has 0 saturated heterocycles. The number of nitrogens with one attached hydrogen (secondary N) is 1. The van der Waals surface area contributed by atoms with Gasteiger partial charge in [0.05, 0.1) is 0 Å². The van der Waals surface area contributed by atoms with Gasteiger partial charge in [-0.25, -0.2) is 0 Å². The molecule has 4 nitrogen and oxygen atoms in total. The number of hydrogen-bond acceptors (Lipinski definition) is 2. The molecule has 1 aromatic carbocycles. The van der Waals surface area contributed by atoms with E-state index in [1.165, 1.54) is 12.3 Å². The van der Waals surface area contributed by atoms with Crippen LogP contribution in [0.4, 0.5) is 0 Å². The summed E-state index contributed by atoms with van der Waals surface area (Å²) in [5, 5.41) is 0.929. The molecule has 0 aliphatic rings. The van der Waals surface area contributed by atoms with E-state index in [0.717, 1.165) is 0 Å². The zero-order valence-corrected chi connectivity index (χ0v) is 8.43. The predicted octanol–water partition coefficient (Wildman–Crippen LogP) is 2.07. The maximum Gasteiger partial charge on any atom is 0.296 e. The summed E-state index contributed by atoms with van der Waals surface area (Å²) < 4.78 is 30.7. The molecule has 1 aromatic heterocycles. The summed E-state index contributed by atoms with van der Waals surface area (Å²) in [6, 6.07) is 4.69. The number of benzene rings is 1. The molecule has 0 fully saturated rings. The Kier molecular flexibility index (Phi) is 2.02. The Morgan fingerprint density at radius 3 is 2.71 bits per heavy atom. The third-order valence-electron chi connectivity index (χ3n) is 1.88. The van der Waals surface area contributed by atoms with E-state index < -0.39 is 10.1 Å². The molecule has 0 unspecified atom stereocenters. The van der Waals surface area contributed by atoms with Gasteiger partial charge in [0.15, 0.2) is 0 Å². The van der Waals surface area contributed by atoms with Crippen molar-refractivity contribution in [3.8, 4) is 0 Å². The number of fused-ring (bicyclic) bond motifs is 1. The lowest BCUT2D eigenvalue weighted by atomic mass is 10.2. The highest BCUT2D eigenvalue weighted by atomic mass is 35.5. The summed E-state index contributed by atoms with van der Waals surface area (Å²) in [6.07, 6.45) is 1.23. The summed E-state index contributed by atoms with van der Waals surface area (Å²) in [6.45, 7) is 0. The van der Waals surface area contributed by atoms with Crippen LogP contribution in [0.2, 0.25) is 5.02 Å². The quantitative estimate of drug-likeness (QED) is 0.738. The van der Waals surface area contributed by atoms with Crippen molar-refractivity contribution < 1.29 is 13.0 Å². The van der Waals surface area contributed by atoms with Gasteiger partial charge in [0.25, 0.3) is 10.1 Å². The first-order valence-electron chi connectivity index (χ1n) is 3.72. The Morgan fingerprint density at radius 1 is 1.36 bits per heavy atom. The minimum absolute atomic E-state index is 0.135. The Hall–Kier alpha value is -1.04. The van der Waals surface area contributed by atoms with E-state index in [9.17, 15) is 8.42 Å². The number of H-pyrrole nitrogens is 1. The SMILES string of the molecule is O=S(=O)(O)c1c[nH]c2cc(Cl)ccc12. The lowest BCUT2D eigenvalue weighted by molar-refractivity contribution is 0.484. The van der Waals surface area contributed by atoms with Crippen molar-refractivity contribution in [3.05, 3.63) is 29.4 Å². The zero-order valence-electron chi connectivity index (χ0n) is 6.86. The van der Waals surface area contributed by atoms with Crippen LogP contribution in [-0.4, -0.2) is 18.0 Å². The minimum Gasteiger partial charge on any atom is -0.360 e. The van der Waals surface area contributed by atoms with Crippen molar-refractivity contribution in [2.24, 2.45) is 0 Å². The fourth-order valence-corrected chi connectivity index (χ4v) is 2.12. The van der Waals surface area contributed by atoms with Gasteiger partial charge in [0.2, 0.25) is 0 Å². The third kappa shape index (κ3) is 1.50. The average molecular weight is 232 g/mol. The molecule has 14 heavy (non-hydrogen) atoms. The number of aromatic amines is 1. The van der Waals surface area contributed by atoms with Crippen LogP contribution in [0, 0.1) is 0 Å². The highest BCUT2D eigenvalue weighted by Gasteiger charge is 2.15. The molecule has 0 atom stereocenters. The van der Waals surface area contributed by atoms with E-state index in [0.29, 0.717) is 15.9 Å². The van der Waals surface area contributed by atoms with Crippen LogP contribution in [0.1, 0.15) is 0 Å². The maximum absolute atomic E-state index is 10.9. The molecule has 2 rings (SSSR count). The highest BCUT2D eigenvalue weighted by Crippen LogP contribution is 2.24. The third-order valence-corrected chi connectivity index (χ3v) is 3.01. The van der Waals surface area contributed by atoms with Gasteiger partial charge in [-0.2, -0.15) is 8.42 Å². The Morgan fingerprint density at radius 2 is 2.07 bits per heavy atom. The first-order chi connectivity index (χ1) is 6.48. The van der Waals surface area contributed by atoms with Gasteiger partial charge in [-0.15, -0.1) is 0 Å². The van der Waals surface area contributed by atoms with Crippen LogP contribution in [0.3, 0.4) is 0 Å². The van der Waals surface area contributed by atoms with Gasteiger partial charge in [-0.3, -0.25) is 4.55 Å².